The van der Waals surface area contributed by atoms with Gasteiger partial charge in [-0.1, -0.05) is 0 Å². The molecule has 25 heavy (non-hydrogen) atoms. The zero-order chi connectivity index (χ0) is 19.0. The number of esters is 2. The molecule has 1 heterocycles. The number of carbonyl (C=O) groups is 4. The largest absolute Gasteiger partial charge is 0.465 e. The van der Waals surface area contributed by atoms with Crippen molar-refractivity contribution in [3.05, 3.63) is 16.0 Å². The van der Waals surface area contributed by atoms with Crippen molar-refractivity contribution in [1.29, 1.82) is 0 Å². The van der Waals surface area contributed by atoms with Crippen molar-refractivity contribution < 1.29 is 28.7 Å². The first-order valence-corrected chi connectivity index (χ1v) is 9.42. The van der Waals surface area contributed by atoms with Gasteiger partial charge >= 0.3 is 11.9 Å². The van der Waals surface area contributed by atoms with Crippen LogP contribution in [0.15, 0.2) is 0 Å². The van der Waals surface area contributed by atoms with Crippen molar-refractivity contribution in [3.8, 4) is 0 Å². The van der Waals surface area contributed by atoms with Gasteiger partial charge in [0.25, 0.3) is 5.91 Å². The maximum atomic E-state index is 12.1. The molecule has 0 spiro atoms. The molecular formula is C15H20N2O6S2. The predicted molar refractivity (Wildman–Crippen MR) is 96.1 cm³/mol. The first-order valence-electron chi connectivity index (χ1n) is 7.45. The maximum absolute atomic E-state index is 12.1. The first kappa shape index (κ1) is 21.0. The molecule has 0 saturated carbocycles. The summed E-state index contributed by atoms with van der Waals surface area (Å²) in [6.45, 7) is 5.34. The van der Waals surface area contributed by atoms with Crippen LogP contribution in [0.2, 0.25) is 0 Å². The van der Waals surface area contributed by atoms with Crippen LogP contribution in [0.5, 0.6) is 0 Å². The van der Waals surface area contributed by atoms with Crippen LogP contribution in [0.1, 0.15) is 39.4 Å². The summed E-state index contributed by atoms with van der Waals surface area (Å²) in [6.07, 6.45) is 0. The third kappa shape index (κ3) is 6.05. The number of hydrogen-bond donors (Lipinski definition) is 2. The van der Waals surface area contributed by atoms with Crippen LogP contribution in [-0.4, -0.2) is 48.5 Å². The molecule has 0 aliphatic rings. The third-order valence-electron chi connectivity index (χ3n) is 2.86. The topological polar surface area (TPSA) is 125 Å². The fraction of sp³-hybridized carbons (Fsp3) is 0.467. The van der Waals surface area contributed by atoms with E-state index in [4.69, 9.17) is 15.2 Å². The average Bonchev–Trinajstić information content (AvgIpc) is 2.84. The lowest BCUT2D eigenvalue weighted by Gasteiger charge is -2.07. The van der Waals surface area contributed by atoms with Crippen LogP contribution in [0, 0.1) is 6.92 Å². The lowest BCUT2D eigenvalue weighted by molar-refractivity contribution is -0.139. The monoisotopic (exact) mass is 388 g/mol. The molecule has 8 nitrogen and oxygen atoms in total. The van der Waals surface area contributed by atoms with Gasteiger partial charge in [-0.3, -0.25) is 14.4 Å². The second-order valence-corrected chi connectivity index (χ2v) is 6.70. The van der Waals surface area contributed by atoms with Crippen LogP contribution < -0.4 is 11.1 Å². The fourth-order valence-corrected chi connectivity index (χ4v) is 3.55. The number of ether oxygens (including phenoxy) is 2. The third-order valence-corrected chi connectivity index (χ3v) is 4.99. The van der Waals surface area contributed by atoms with E-state index in [1.54, 1.807) is 20.8 Å². The lowest BCUT2D eigenvalue weighted by atomic mass is 10.1. The number of thiophene rings is 1. The molecule has 10 heteroatoms. The minimum atomic E-state index is -0.690. The maximum Gasteiger partial charge on any atom is 0.341 e. The summed E-state index contributed by atoms with van der Waals surface area (Å²) in [5.41, 5.74) is 5.78. The number of thioether (sulfide) groups is 1. The molecule has 0 aliphatic carbocycles. The SMILES string of the molecule is CCOC(=O)CSCC(=O)Nc1sc(C(N)=O)c(C)c1C(=O)OCC. The minimum Gasteiger partial charge on any atom is -0.465 e. The van der Waals surface area contributed by atoms with Crippen molar-refractivity contribution >= 4 is 51.9 Å². The van der Waals surface area contributed by atoms with E-state index in [0.29, 0.717) is 5.56 Å². The summed E-state index contributed by atoms with van der Waals surface area (Å²) < 4.78 is 9.72. The van der Waals surface area contributed by atoms with E-state index in [-0.39, 0.29) is 40.2 Å². The van der Waals surface area contributed by atoms with E-state index < -0.39 is 23.8 Å². The molecule has 0 radical (unpaired) electrons. The number of nitrogens with one attached hydrogen (secondary N) is 1. The summed E-state index contributed by atoms with van der Waals surface area (Å²) in [7, 11) is 0. The Bertz CT molecular complexity index is 671. The molecule has 2 amide bonds. The van der Waals surface area contributed by atoms with Gasteiger partial charge in [-0.2, -0.15) is 0 Å². The van der Waals surface area contributed by atoms with Crippen molar-refractivity contribution in [2.24, 2.45) is 5.73 Å². The molecular weight excluding hydrogens is 368 g/mol. The zero-order valence-electron chi connectivity index (χ0n) is 14.2. The quantitative estimate of drug-likeness (QED) is 0.615. The van der Waals surface area contributed by atoms with Gasteiger partial charge in [-0.15, -0.1) is 23.1 Å². The Kier molecular flexibility index (Phi) is 8.42. The zero-order valence-corrected chi connectivity index (χ0v) is 15.8. The molecule has 1 aromatic rings. The summed E-state index contributed by atoms with van der Waals surface area (Å²) in [6, 6.07) is 0. The number of hydrogen-bond acceptors (Lipinski definition) is 8. The Morgan fingerprint density at radius 3 is 2.32 bits per heavy atom. The molecule has 138 valence electrons. The molecule has 3 N–H and O–H groups in total. The van der Waals surface area contributed by atoms with Crippen LogP contribution in [-0.2, 0) is 19.1 Å². The normalized spacial score (nSPS) is 10.2. The van der Waals surface area contributed by atoms with E-state index in [1.165, 1.54) is 0 Å². The molecule has 1 aromatic heterocycles. The highest BCUT2D eigenvalue weighted by molar-refractivity contribution is 8.00. The van der Waals surface area contributed by atoms with Crippen LogP contribution in [0.4, 0.5) is 5.00 Å². The Morgan fingerprint density at radius 2 is 1.76 bits per heavy atom. The highest BCUT2D eigenvalue weighted by Crippen LogP contribution is 2.33. The molecule has 0 fully saturated rings. The van der Waals surface area contributed by atoms with Gasteiger partial charge in [-0.25, -0.2) is 4.79 Å². The van der Waals surface area contributed by atoms with Crippen molar-refractivity contribution in [2.75, 3.05) is 30.0 Å². The van der Waals surface area contributed by atoms with Crippen LogP contribution >= 0.6 is 23.1 Å². The molecule has 0 saturated heterocycles. The highest BCUT2D eigenvalue weighted by Gasteiger charge is 2.25. The van der Waals surface area contributed by atoms with Gasteiger partial charge in [0.1, 0.15) is 5.00 Å². The molecule has 0 aromatic carbocycles. The van der Waals surface area contributed by atoms with E-state index in [9.17, 15) is 19.2 Å². The van der Waals surface area contributed by atoms with E-state index >= 15 is 0 Å². The van der Waals surface area contributed by atoms with Gasteiger partial charge in [0.2, 0.25) is 5.91 Å². The summed E-state index contributed by atoms with van der Waals surface area (Å²) in [5.74, 6) is -2.12. The van der Waals surface area contributed by atoms with Crippen LogP contribution in [0.25, 0.3) is 0 Å². The first-order chi connectivity index (χ1) is 11.8. The van der Waals surface area contributed by atoms with Crippen LogP contribution in [0.3, 0.4) is 0 Å². The van der Waals surface area contributed by atoms with Gasteiger partial charge in [0, 0.05) is 0 Å². The molecule has 0 atom stereocenters. The Morgan fingerprint density at radius 1 is 1.12 bits per heavy atom. The summed E-state index contributed by atoms with van der Waals surface area (Å²) in [5, 5.41) is 2.77. The number of primary amides is 1. The molecule has 0 unspecified atom stereocenters. The number of nitrogens with two attached hydrogens (primary N) is 1. The minimum absolute atomic E-state index is 0.00999. The Labute approximate surface area is 153 Å². The van der Waals surface area contributed by atoms with Gasteiger partial charge in [0.05, 0.1) is 35.2 Å². The van der Waals surface area contributed by atoms with Gasteiger partial charge < -0.3 is 20.5 Å². The average molecular weight is 388 g/mol. The Balaban J connectivity index is 2.84. The van der Waals surface area contributed by atoms with Crippen molar-refractivity contribution in [1.82, 2.24) is 0 Å². The molecule has 1 rings (SSSR count). The molecule has 0 aliphatic heterocycles. The number of rotatable bonds is 9. The number of carbonyl (C=O) groups excluding carboxylic acids is 4. The van der Waals surface area contributed by atoms with Gasteiger partial charge in [0.15, 0.2) is 0 Å². The molecule has 0 bridgehead atoms. The number of amides is 2. The summed E-state index contributed by atoms with van der Waals surface area (Å²) >= 11 is 2.00. The van der Waals surface area contributed by atoms with E-state index in [0.717, 1.165) is 23.1 Å². The second kappa shape index (κ2) is 10.0. The van der Waals surface area contributed by atoms with E-state index in [1.807, 2.05) is 0 Å². The predicted octanol–water partition coefficient (Wildman–Crippen LogP) is 1.57. The smallest absolute Gasteiger partial charge is 0.341 e. The van der Waals surface area contributed by atoms with Gasteiger partial charge in [-0.05, 0) is 26.3 Å². The van der Waals surface area contributed by atoms with Crippen molar-refractivity contribution in [3.63, 3.8) is 0 Å². The highest BCUT2D eigenvalue weighted by atomic mass is 32.2. The summed E-state index contributed by atoms with van der Waals surface area (Å²) in [4.78, 5) is 47.0. The van der Waals surface area contributed by atoms with E-state index in [2.05, 4.69) is 5.32 Å². The fourth-order valence-electron chi connectivity index (χ4n) is 1.88. The lowest BCUT2D eigenvalue weighted by Crippen LogP contribution is -2.18. The Hall–Kier alpha value is -2.07. The standard InChI is InChI=1S/C15H20N2O6S2/c1-4-22-10(19)7-24-6-9(18)17-14-11(15(21)23-5-2)8(3)12(25-14)13(16)20/h4-7H2,1-3H3,(H2,16,20)(H,17,18). The number of anilines is 1. The second-order valence-electron chi connectivity index (χ2n) is 4.69. The van der Waals surface area contributed by atoms with Crippen molar-refractivity contribution in [2.45, 2.75) is 20.8 Å².